The lowest BCUT2D eigenvalue weighted by Gasteiger charge is -2.20. The minimum Gasteiger partial charge on any atom is -0.326 e. The fourth-order valence-corrected chi connectivity index (χ4v) is 4.22. The highest BCUT2D eigenvalue weighted by atomic mass is 32.2. The van der Waals surface area contributed by atoms with Crippen LogP contribution in [0.4, 0.5) is 8.78 Å². The molecule has 3 N–H and O–H groups in total. The van der Waals surface area contributed by atoms with E-state index < -0.39 is 26.6 Å². The Labute approximate surface area is 123 Å². The van der Waals surface area contributed by atoms with Crippen LogP contribution in [0.5, 0.6) is 0 Å². The minimum absolute atomic E-state index is 0.0589. The normalized spacial score (nSPS) is 26.2. The summed E-state index contributed by atoms with van der Waals surface area (Å²) in [4.78, 5) is -0.672. The molecule has 1 saturated carbocycles. The molecule has 0 heterocycles. The monoisotopic (exact) mass is 318 g/mol. The van der Waals surface area contributed by atoms with Gasteiger partial charge in [0.15, 0.2) is 11.6 Å². The lowest BCUT2D eigenvalue weighted by Crippen LogP contribution is -2.37. The fourth-order valence-electron chi connectivity index (χ4n) is 2.72. The molecule has 0 aromatic heterocycles. The van der Waals surface area contributed by atoms with E-state index in [1.165, 1.54) is 0 Å². The Morgan fingerprint density at radius 1 is 1.29 bits per heavy atom. The highest BCUT2D eigenvalue weighted by Gasteiger charge is 2.34. The van der Waals surface area contributed by atoms with Crippen LogP contribution in [0.1, 0.15) is 32.3 Å². The molecule has 1 aromatic rings. The van der Waals surface area contributed by atoms with Crippen molar-refractivity contribution in [2.75, 3.05) is 0 Å². The lowest BCUT2D eigenvalue weighted by molar-refractivity contribution is 0.401. The van der Waals surface area contributed by atoms with Gasteiger partial charge in [-0.25, -0.2) is 21.9 Å². The Morgan fingerprint density at radius 2 is 1.95 bits per heavy atom. The van der Waals surface area contributed by atoms with E-state index in [4.69, 9.17) is 5.73 Å². The number of sulfonamides is 1. The van der Waals surface area contributed by atoms with Crippen molar-refractivity contribution in [1.29, 1.82) is 0 Å². The van der Waals surface area contributed by atoms with Crippen LogP contribution in [0.3, 0.4) is 0 Å². The maximum atomic E-state index is 13.8. The van der Waals surface area contributed by atoms with Crippen LogP contribution in [0.15, 0.2) is 17.0 Å². The first-order chi connectivity index (χ1) is 9.76. The van der Waals surface area contributed by atoms with E-state index in [0.29, 0.717) is 12.3 Å². The highest BCUT2D eigenvalue weighted by Crippen LogP contribution is 2.32. The van der Waals surface area contributed by atoms with Crippen LogP contribution in [-0.4, -0.2) is 14.5 Å². The van der Waals surface area contributed by atoms with E-state index in [0.717, 1.165) is 18.6 Å². The first-order valence-corrected chi connectivity index (χ1v) is 8.45. The predicted molar refractivity (Wildman–Crippen MR) is 75.9 cm³/mol. The molecule has 1 aromatic carbocycles. The zero-order chi connectivity index (χ0) is 15.8. The Morgan fingerprint density at radius 3 is 2.48 bits per heavy atom. The number of nitrogens with two attached hydrogens (primary N) is 1. The first kappa shape index (κ1) is 16.3. The van der Waals surface area contributed by atoms with Gasteiger partial charge in [0.1, 0.15) is 4.90 Å². The van der Waals surface area contributed by atoms with Crippen molar-refractivity contribution in [3.8, 4) is 0 Å². The molecule has 4 nitrogen and oxygen atoms in total. The molecule has 3 unspecified atom stereocenters. The average molecular weight is 318 g/mol. The van der Waals surface area contributed by atoms with Crippen molar-refractivity contribution in [1.82, 2.24) is 4.72 Å². The number of halogens is 2. The number of nitrogens with one attached hydrogen (secondary N) is 1. The minimum atomic E-state index is -4.11. The Hall–Kier alpha value is -1.05. The van der Waals surface area contributed by atoms with Gasteiger partial charge in [-0.2, -0.15) is 0 Å². The van der Waals surface area contributed by atoms with Crippen LogP contribution in [-0.2, 0) is 16.6 Å². The second kappa shape index (κ2) is 5.98. The molecule has 0 bridgehead atoms. The molecule has 0 radical (unpaired) electrons. The zero-order valence-electron chi connectivity index (χ0n) is 12.1. The molecule has 0 spiro atoms. The number of rotatable bonds is 4. The smallest absolute Gasteiger partial charge is 0.243 e. The standard InChI is InChI=1S/C14H20F2N2O2S/c1-8-3-4-12(9(8)2)18-21(19,20)13-6-10(7-17)5-11(15)14(13)16/h5-6,8-9,12,18H,3-4,7,17H2,1-2H3. The maximum absolute atomic E-state index is 13.8. The Balaban J connectivity index is 2.34. The van der Waals surface area contributed by atoms with Crippen molar-refractivity contribution in [3.05, 3.63) is 29.3 Å². The summed E-state index contributed by atoms with van der Waals surface area (Å²) in [6, 6.07) is 1.74. The SMILES string of the molecule is CC1CCC(NS(=O)(=O)c2cc(CN)cc(F)c2F)C1C. The van der Waals surface area contributed by atoms with E-state index in [2.05, 4.69) is 4.72 Å². The summed E-state index contributed by atoms with van der Waals surface area (Å²) < 4.78 is 54.5. The fraction of sp³-hybridized carbons (Fsp3) is 0.571. The molecule has 1 fully saturated rings. The number of hydrogen-bond donors (Lipinski definition) is 2. The number of benzene rings is 1. The van der Waals surface area contributed by atoms with Gasteiger partial charge < -0.3 is 5.73 Å². The second-order valence-electron chi connectivity index (χ2n) is 5.74. The highest BCUT2D eigenvalue weighted by molar-refractivity contribution is 7.89. The van der Waals surface area contributed by atoms with Crippen LogP contribution in [0.2, 0.25) is 0 Å². The molecular formula is C14H20F2N2O2S. The third kappa shape index (κ3) is 3.25. The van der Waals surface area contributed by atoms with Gasteiger partial charge in [0.25, 0.3) is 0 Å². The summed E-state index contributed by atoms with van der Waals surface area (Å²) in [6.07, 6.45) is 1.61. The molecule has 21 heavy (non-hydrogen) atoms. The molecule has 3 atom stereocenters. The van der Waals surface area contributed by atoms with Crippen LogP contribution < -0.4 is 10.5 Å². The molecule has 118 valence electrons. The van der Waals surface area contributed by atoms with Crippen molar-refractivity contribution >= 4 is 10.0 Å². The predicted octanol–water partition coefficient (Wildman–Crippen LogP) is 2.14. The van der Waals surface area contributed by atoms with Crippen molar-refractivity contribution in [3.63, 3.8) is 0 Å². The topological polar surface area (TPSA) is 72.2 Å². The van der Waals surface area contributed by atoms with E-state index in [-0.39, 0.29) is 24.1 Å². The Kier molecular flexibility index (Phi) is 4.65. The van der Waals surface area contributed by atoms with Crippen molar-refractivity contribution in [2.45, 2.75) is 44.2 Å². The molecule has 0 amide bonds. The van der Waals surface area contributed by atoms with Gasteiger partial charge in [-0.1, -0.05) is 13.8 Å². The zero-order valence-corrected chi connectivity index (χ0v) is 12.9. The van der Waals surface area contributed by atoms with Crippen LogP contribution >= 0.6 is 0 Å². The molecule has 1 aliphatic carbocycles. The average Bonchev–Trinajstić information content (AvgIpc) is 2.73. The van der Waals surface area contributed by atoms with E-state index in [1.54, 1.807) is 0 Å². The summed E-state index contributed by atoms with van der Waals surface area (Å²) in [5.41, 5.74) is 5.62. The maximum Gasteiger partial charge on any atom is 0.243 e. The summed E-state index contributed by atoms with van der Waals surface area (Å²) in [5, 5.41) is 0. The molecule has 0 saturated heterocycles. The Bertz CT molecular complexity index is 634. The second-order valence-corrected chi connectivity index (χ2v) is 7.42. The van der Waals surface area contributed by atoms with E-state index in [9.17, 15) is 17.2 Å². The third-order valence-corrected chi connectivity index (χ3v) is 5.84. The summed E-state index contributed by atoms with van der Waals surface area (Å²) in [6.45, 7) is 3.95. The van der Waals surface area contributed by atoms with Crippen LogP contribution in [0.25, 0.3) is 0 Å². The quantitative estimate of drug-likeness (QED) is 0.893. The van der Waals surface area contributed by atoms with Gasteiger partial charge in [-0.05, 0) is 42.4 Å². The molecule has 7 heteroatoms. The van der Waals surface area contributed by atoms with Gasteiger partial charge in [0, 0.05) is 12.6 Å². The van der Waals surface area contributed by atoms with E-state index >= 15 is 0 Å². The van der Waals surface area contributed by atoms with Gasteiger partial charge in [0.05, 0.1) is 0 Å². The molecule has 0 aliphatic heterocycles. The van der Waals surface area contributed by atoms with Crippen molar-refractivity contribution < 1.29 is 17.2 Å². The lowest BCUT2D eigenvalue weighted by atomic mass is 9.98. The van der Waals surface area contributed by atoms with E-state index in [1.807, 2.05) is 13.8 Å². The van der Waals surface area contributed by atoms with Crippen LogP contribution in [0, 0.1) is 23.5 Å². The summed E-state index contributed by atoms with van der Waals surface area (Å²) >= 11 is 0. The van der Waals surface area contributed by atoms with Gasteiger partial charge in [0.2, 0.25) is 10.0 Å². The molecule has 2 rings (SSSR count). The first-order valence-electron chi connectivity index (χ1n) is 6.96. The van der Waals surface area contributed by atoms with Gasteiger partial charge in [-0.3, -0.25) is 0 Å². The molecular weight excluding hydrogens is 298 g/mol. The summed E-state index contributed by atoms with van der Waals surface area (Å²) in [5.74, 6) is -2.01. The molecule has 1 aliphatic rings. The largest absolute Gasteiger partial charge is 0.326 e. The van der Waals surface area contributed by atoms with Gasteiger partial charge in [-0.15, -0.1) is 0 Å². The van der Waals surface area contributed by atoms with Gasteiger partial charge >= 0.3 is 0 Å². The summed E-state index contributed by atoms with van der Waals surface area (Å²) in [7, 11) is -4.11. The third-order valence-electron chi connectivity index (χ3n) is 4.35. The number of hydrogen-bond acceptors (Lipinski definition) is 3. The van der Waals surface area contributed by atoms with Crippen molar-refractivity contribution in [2.24, 2.45) is 17.6 Å².